The summed E-state index contributed by atoms with van der Waals surface area (Å²) in [5.41, 5.74) is 7.99. The fraction of sp³-hybridized carbons (Fsp3) is 0. The lowest BCUT2D eigenvalue weighted by Gasteiger charge is -2.18. The molecule has 6 nitrogen and oxygen atoms in total. The topological polar surface area (TPSA) is 109 Å². The molecule has 0 fully saturated rings. The van der Waals surface area contributed by atoms with E-state index in [0.717, 1.165) is 0 Å². The highest BCUT2D eigenvalue weighted by Gasteiger charge is 2.30. The van der Waals surface area contributed by atoms with Gasteiger partial charge in [0.15, 0.2) is 11.6 Å². The number of hydroxylamine groups is 1. The summed E-state index contributed by atoms with van der Waals surface area (Å²) in [7, 11) is 0. The van der Waals surface area contributed by atoms with Gasteiger partial charge in [0, 0.05) is 27.9 Å². The molecule has 4 N–H and O–H groups in total. The molecule has 104 valence electrons. The Morgan fingerprint density at radius 3 is 2.00 bits per heavy atom. The molecule has 6 heteroatoms. The van der Waals surface area contributed by atoms with Crippen LogP contribution in [0.25, 0.3) is 0 Å². The zero-order chi connectivity index (χ0) is 15.1. The maximum Gasteiger partial charge on any atom is 0.276 e. The van der Waals surface area contributed by atoms with Crippen LogP contribution in [0.1, 0.15) is 42.2 Å². The summed E-state index contributed by atoms with van der Waals surface area (Å²) >= 11 is 0. The van der Waals surface area contributed by atoms with Crippen LogP contribution in [0.5, 0.6) is 0 Å². The molecule has 2 aromatic rings. The highest BCUT2D eigenvalue weighted by Crippen LogP contribution is 2.30. The summed E-state index contributed by atoms with van der Waals surface area (Å²) in [6.07, 6.45) is 0. The smallest absolute Gasteiger partial charge is 0.276 e. The molecule has 3 rings (SSSR count). The van der Waals surface area contributed by atoms with E-state index in [0.29, 0.717) is 5.56 Å². The number of fused-ring (bicyclic) bond motifs is 2. The van der Waals surface area contributed by atoms with Gasteiger partial charge in [-0.05, 0) is 12.1 Å². The Kier molecular flexibility index (Phi) is 2.81. The summed E-state index contributed by atoms with van der Waals surface area (Å²) in [5.74, 6) is -1.51. The number of amides is 1. The third kappa shape index (κ3) is 1.81. The number of rotatable bonds is 1. The van der Waals surface area contributed by atoms with E-state index in [1.54, 1.807) is 24.3 Å². The Balaban J connectivity index is 2.26. The quantitative estimate of drug-likeness (QED) is 0.352. The first-order valence-electron chi connectivity index (χ1n) is 6.11. The van der Waals surface area contributed by atoms with Crippen molar-refractivity contribution in [1.82, 2.24) is 5.48 Å². The molecule has 0 heterocycles. The number of nitrogens with one attached hydrogen (secondary N) is 1. The third-order valence-electron chi connectivity index (χ3n) is 3.44. The van der Waals surface area contributed by atoms with Crippen LogP contribution < -0.4 is 11.2 Å². The van der Waals surface area contributed by atoms with Crippen LogP contribution >= 0.6 is 0 Å². The average Bonchev–Trinajstić information content (AvgIpc) is 2.51. The highest BCUT2D eigenvalue weighted by molar-refractivity contribution is 6.29. The molecule has 0 spiro atoms. The number of ketones is 2. The van der Waals surface area contributed by atoms with Gasteiger partial charge in [-0.25, -0.2) is 5.48 Å². The number of carbonyl (C=O) groups excluding carboxylic acids is 3. The van der Waals surface area contributed by atoms with Crippen molar-refractivity contribution in [2.24, 2.45) is 0 Å². The van der Waals surface area contributed by atoms with E-state index in [1.807, 2.05) is 0 Å². The number of nitrogens with two attached hydrogens (primary N) is 1. The zero-order valence-corrected chi connectivity index (χ0v) is 10.7. The zero-order valence-electron chi connectivity index (χ0n) is 10.7. The first kappa shape index (κ1) is 13.0. The lowest BCUT2D eigenvalue weighted by atomic mass is 9.83. The van der Waals surface area contributed by atoms with Crippen molar-refractivity contribution < 1.29 is 19.6 Å². The second-order valence-electron chi connectivity index (χ2n) is 4.63. The average molecular weight is 282 g/mol. The molecule has 0 saturated heterocycles. The number of benzene rings is 2. The predicted molar refractivity (Wildman–Crippen MR) is 73.4 cm³/mol. The summed E-state index contributed by atoms with van der Waals surface area (Å²) < 4.78 is 0. The Bertz CT molecular complexity index is 811. The molecule has 0 bridgehead atoms. The minimum atomic E-state index is -0.839. The van der Waals surface area contributed by atoms with Gasteiger partial charge < -0.3 is 5.73 Å². The van der Waals surface area contributed by atoms with Crippen LogP contribution in [-0.4, -0.2) is 22.7 Å². The third-order valence-corrected chi connectivity index (χ3v) is 3.44. The Morgan fingerprint density at radius 1 is 0.952 bits per heavy atom. The number of hydrogen-bond acceptors (Lipinski definition) is 5. The fourth-order valence-electron chi connectivity index (χ4n) is 2.42. The van der Waals surface area contributed by atoms with Crippen molar-refractivity contribution in [1.29, 1.82) is 0 Å². The first-order valence-corrected chi connectivity index (χ1v) is 6.11. The van der Waals surface area contributed by atoms with Crippen molar-refractivity contribution in [3.05, 3.63) is 64.2 Å². The summed E-state index contributed by atoms with van der Waals surface area (Å²) in [6.45, 7) is 0. The van der Waals surface area contributed by atoms with Crippen LogP contribution in [0.15, 0.2) is 36.4 Å². The molecule has 0 radical (unpaired) electrons. The van der Waals surface area contributed by atoms with E-state index in [2.05, 4.69) is 0 Å². The van der Waals surface area contributed by atoms with E-state index >= 15 is 0 Å². The normalized spacial score (nSPS) is 12.6. The maximum atomic E-state index is 12.4. The number of anilines is 1. The largest absolute Gasteiger partial charge is 0.398 e. The number of carbonyl (C=O) groups is 3. The first-order chi connectivity index (χ1) is 10.0. The molecule has 0 aliphatic heterocycles. The molecule has 1 amide bonds. The number of hydrogen-bond donors (Lipinski definition) is 3. The van der Waals surface area contributed by atoms with Crippen LogP contribution in [0, 0.1) is 0 Å². The van der Waals surface area contributed by atoms with Gasteiger partial charge in [0.25, 0.3) is 5.91 Å². The molecule has 0 atom stereocenters. The van der Waals surface area contributed by atoms with Gasteiger partial charge in [-0.15, -0.1) is 0 Å². The van der Waals surface area contributed by atoms with Gasteiger partial charge in [0.1, 0.15) is 0 Å². The van der Waals surface area contributed by atoms with Gasteiger partial charge in [0.05, 0.1) is 5.56 Å². The Hall–Kier alpha value is -2.99. The molecule has 0 aromatic heterocycles. The standard InChI is InChI=1S/C15H10N2O4/c16-12-6-10-9(5-11(12)15(20)17-21)13(18)7-3-1-2-4-8(7)14(10)19/h1-6,21H,16H2,(H,17,20). The number of nitrogen functional groups attached to an aromatic ring is 1. The molecular weight excluding hydrogens is 272 g/mol. The second kappa shape index (κ2) is 4.53. The molecule has 0 saturated carbocycles. The SMILES string of the molecule is Nc1cc2c(cc1C(=O)NO)C(=O)c1ccccc1C2=O. The Morgan fingerprint density at radius 2 is 1.48 bits per heavy atom. The van der Waals surface area contributed by atoms with Crippen molar-refractivity contribution >= 4 is 23.2 Å². The lowest BCUT2D eigenvalue weighted by molar-refractivity contribution is 0.0707. The highest BCUT2D eigenvalue weighted by atomic mass is 16.5. The summed E-state index contributed by atoms with van der Waals surface area (Å²) in [6, 6.07) is 8.98. The fourth-order valence-corrected chi connectivity index (χ4v) is 2.42. The lowest BCUT2D eigenvalue weighted by Crippen LogP contribution is -2.25. The van der Waals surface area contributed by atoms with E-state index in [9.17, 15) is 14.4 Å². The van der Waals surface area contributed by atoms with Crippen molar-refractivity contribution in [3.8, 4) is 0 Å². The molecule has 2 aromatic carbocycles. The molecule has 0 unspecified atom stereocenters. The summed E-state index contributed by atoms with van der Waals surface area (Å²) in [4.78, 5) is 36.4. The van der Waals surface area contributed by atoms with Gasteiger partial charge in [-0.3, -0.25) is 19.6 Å². The minimum absolute atomic E-state index is 0.0147. The van der Waals surface area contributed by atoms with Crippen LogP contribution in [0.4, 0.5) is 5.69 Å². The second-order valence-corrected chi connectivity index (χ2v) is 4.63. The molecule has 21 heavy (non-hydrogen) atoms. The van der Waals surface area contributed by atoms with Crippen molar-refractivity contribution in [2.75, 3.05) is 5.73 Å². The van der Waals surface area contributed by atoms with Crippen LogP contribution in [0.2, 0.25) is 0 Å². The van der Waals surface area contributed by atoms with Gasteiger partial charge in [-0.1, -0.05) is 24.3 Å². The molecule has 1 aliphatic carbocycles. The predicted octanol–water partition coefficient (Wildman–Crippen LogP) is 1.16. The molecule has 1 aliphatic rings. The Labute approximate surface area is 119 Å². The summed E-state index contributed by atoms with van der Waals surface area (Å²) in [5, 5.41) is 8.69. The van der Waals surface area contributed by atoms with Crippen molar-refractivity contribution in [3.63, 3.8) is 0 Å². The van der Waals surface area contributed by atoms with E-state index in [1.165, 1.54) is 17.6 Å². The van der Waals surface area contributed by atoms with Gasteiger partial charge >= 0.3 is 0 Å². The maximum absolute atomic E-state index is 12.4. The minimum Gasteiger partial charge on any atom is -0.398 e. The van der Waals surface area contributed by atoms with Crippen LogP contribution in [0.3, 0.4) is 0 Å². The van der Waals surface area contributed by atoms with Gasteiger partial charge in [0.2, 0.25) is 0 Å². The van der Waals surface area contributed by atoms with Gasteiger partial charge in [-0.2, -0.15) is 0 Å². The van der Waals surface area contributed by atoms with E-state index in [-0.39, 0.29) is 39.5 Å². The van der Waals surface area contributed by atoms with Crippen molar-refractivity contribution in [2.45, 2.75) is 0 Å². The monoisotopic (exact) mass is 282 g/mol. The van der Waals surface area contributed by atoms with E-state index < -0.39 is 5.91 Å². The van der Waals surface area contributed by atoms with E-state index in [4.69, 9.17) is 10.9 Å². The molecular formula is C15H10N2O4. The van der Waals surface area contributed by atoms with Crippen LogP contribution in [-0.2, 0) is 0 Å².